The highest BCUT2D eigenvalue weighted by atomic mass is 35.5. The van der Waals surface area contributed by atoms with E-state index in [0.29, 0.717) is 0 Å². The minimum absolute atomic E-state index is 0.0464. The molecule has 0 bridgehead atoms. The van der Waals surface area contributed by atoms with Gasteiger partial charge in [0, 0.05) is 12.5 Å². The number of hydrogen-bond acceptors (Lipinski definition) is 3. The second-order valence-electron chi connectivity index (χ2n) is 3.75. The molecular formula is C11H12Cl2N2O3. The number of hydrogen-bond donors (Lipinski definition) is 3. The van der Waals surface area contributed by atoms with E-state index in [9.17, 15) is 9.59 Å². The van der Waals surface area contributed by atoms with E-state index in [0.717, 1.165) is 0 Å². The Labute approximate surface area is 114 Å². The van der Waals surface area contributed by atoms with Crippen molar-refractivity contribution in [2.24, 2.45) is 11.7 Å². The SMILES string of the molecule is CC(CN)C(=O)Nc1c(Cl)cc(C(=O)O)cc1Cl. The molecule has 98 valence electrons. The Kier molecular flexibility index (Phi) is 4.95. The Hall–Kier alpha value is -1.30. The average Bonchev–Trinajstić information content (AvgIpc) is 2.31. The highest BCUT2D eigenvalue weighted by Gasteiger charge is 2.17. The van der Waals surface area contributed by atoms with E-state index in [1.807, 2.05) is 0 Å². The first-order valence-electron chi connectivity index (χ1n) is 5.10. The molecule has 4 N–H and O–H groups in total. The predicted molar refractivity (Wildman–Crippen MR) is 70.3 cm³/mol. The lowest BCUT2D eigenvalue weighted by Gasteiger charge is -2.13. The molecule has 1 aromatic carbocycles. The molecule has 0 fully saturated rings. The van der Waals surface area contributed by atoms with Crippen LogP contribution in [0.2, 0.25) is 10.0 Å². The Morgan fingerprint density at radius 3 is 2.28 bits per heavy atom. The summed E-state index contributed by atoms with van der Waals surface area (Å²) in [6.07, 6.45) is 0. The van der Waals surface area contributed by atoms with Gasteiger partial charge in [-0.1, -0.05) is 30.1 Å². The summed E-state index contributed by atoms with van der Waals surface area (Å²) in [4.78, 5) is 22.4. The first-order chi connectivity index (χ1) is 8.36. The molecular weight excluding hydrogens is 279 g/mol. The molecule has 0 saturated carbocycles. The van der Waals surface area contributed by atoms with Crippen LogP contribution in [0.1, 0.15) is 17.3 Å². The summed E-state index contributed by atoms with van der Waals surface area (Å²) < 4.78 is 0. The summed E-state index contributed by atoms with van der Waals surface area (Å²) in [7, 11) is 0. The summed E-state index contributed by atoms with van der Waals surface area (Å²) in [6, 6.07) is 2.44. The van der Waals surface area contributed by atoms with E-state index in [2.05, 4.69) is 5.32 Å². The molecule has 0 aromatic heterocycles. The van der Waals surface area contributed by atoms with Crippen molar-refractivity contribution in [1.82, 2.24) is 0 Å². The van der Waals surface area contributed by atoms with E-state index in [-0.39, 0.29) is 33.7 Å². The zero-order valence-electron chi connectivity index (χ0n) is 9.54. The van der Waals surface area contributed by atoms with Crippen molar-refractivity contribution in [3.8, 4) is 0 Å². The smallest absolute Gasteiger partial charge is 0.335 e. The summed E-state index contributed by atoms with van der Waals surface area (Å²) in [6.45, 7) is 1.84. The number of amides is 1. The Morgan fingerprint density at radius 2 is 1.89 bits per heavy atom. The molecule has 0 spiro atoms. The van der Waals surface area contributed by atoms with Crippen LogP contribution in [0, 0.1) is 5.92 Å². The van der Waals surface area contributed by atoms with Gasteiger partial charge in [0.15, 0.2) is 0 Å². The summed E-state index contributed by atoms with van der Waals surface area (Å²) in [5, 5.41) is 11.5. The maximum absolute atomic E-state index is 11.6. The first-order valence-corrected chi connectivity index (χ1v) is 5.85. The highest BCUT2D eigenvalue weighted by Crippen LogP contribution is 2.32. The molecule has 18 heavy (non-hydrogen) atoms. The van der Waals surface area contributed by atoms with E-state index in [1.54, 1.807) is 6.92 Å². The minimum atomic E-state index is -1.15. The largest absolute Gasteiger partial charge is 0.478 e. The molecule has 1 rings (SSSR count). The Morgan fingerprint density at radius 1 is 1.39 bits per heavy atom. The molecule has 1 aromatic rings. The molecule has 0 aliphatic rings. The van der Waals surface area contributed by atoms with Gasteiger partial charge in [-0.15, -0.1) is 0 Å². The van der Waals surface area contributed by atoms with Gasteiger partial charge in [0.05, 0.1) is 21.3 Å². The van der Waals surface area contributed by atoms with Crippen LogP contribution in [-0.2, 0) is 4.79 Å². The number of nitrogens with one attached hydrogen (secondary N) is 1. The van der Waals surface area contributed by atoms with Crippen LogP contribution in [-0.4, -0.2) is 23.5 Å². The quantitative estimate of drug-likeness (QED) is 0.793. The van der Waals surface area contributed by atoms with Crippen molar-refractivity contribution in [2.45, 2.75) is 6.92 Å². The van der Waals surface area contributed by atoms with Crippen molar-refractivity contribution in [1.29, 1.82) is 0 Å². The van der Waals surface area contributed by atoms with Crippen LogP contribution in [0.25, 0.3) is 0 Å². The maximum atomic E-state index is 11.6. The van der Waals surface area contributed by atoms with E-state index in [4.69, 9.17) is 34.0 Å². The van der Waals surface area contributed by atoms with Crippen LogP contribution in [0.4, 0.5) is 5.69 Å². The monoisotopic (exact) mass is 290 g/mol. The van der Waals surface area contributed by atoms with Crippen molar-refractivity contribution in [3.05, 3.63) is 27.7 Å². The lowest BCUT2D eigenvalue weighted by atomic mass is 10.1. The van der Waals surface area contributed by atoms with Gasteiger partial charge in [-0.25, -0.2) is 4.79 Å². The number of anilines is 1. The number of aromatic carboxylic acids is 1. The molecule has 0 radical (unpaired) electrons. The number of carboxylic acid groups (broad SMARTS) is 1. The van der Waals surface area contributed by atoms with E-state index < -0.39 is 11.9 Å². The highest BCUT2D eigenvalue weighted by molar-refractivity contribution is 6.40. The number of rotatable bonds is 4. The summed E-state index contributed by atoms with van der Waals surface area (Å²) >= 11 is 11.8. The number of nitrogens with two attached hydrogens (primary N) is 1. The van der Waals surface area contributed by atoms with Crippen molar-refractivity contribution >= 4 is 40.8 Å². The van der Waals surface area contributed by atoms with E-state index >= 15 is 0 Å². The normalized spacial score (nSPS) is 12.0. The number of carbonyl (C=O) groups is 2. The van der Waals surface area contributed by atoms with Crippen LogP contribution in [0.15, 0.2) is 12.1 Å². The number of carbonyl (C=O) groups excluding carboxylic acids is 1. The number of carboxylic acids is 1. The third-order valence-electron chi connectivity index (χ3n) is 2.34. The fraction of sp³-hybridized carbons (Fsp3) is 0.273. The molecule has 7 heteroatoms. The van der Waals surface area contributed by atoms with Gasteiger partial charge >= 0.3 is 5.97 Å². The van der Waals surface area contributed by atoms with Crippen molar-refractivity contribution in [2.75, 3.05) is 11.9 Å². The molecule has 1 unspecified atom stereocenters. The lowest BCUT2D eigenvalue weighted by Crippen LogP contribution is -2.27. The second kappa shape index (κ2) is 6.04. The molecule has 0 saturated heterocycles. The van der Waals surface area contributed by atoms with Gasteiger partial charge in [-0.3, -0.25) is 4.79 Å². The molecule has 0 aliphatic carbocycles. The Bertz CT molecular complexity index is 468. The van der Waals surface area contributed by atoms with Crippen LogP contribution in [0.3, 0.4) is 0 Å². The van der Waals surface area contributed by atoms with Gasteiger partial charge < -0.3 is 16.2 Å². The van der Waals surface area contributed by atoms with Gasteiger partial charge in [0.1, 0.15) is 0 Å². The van der Waals surface area contributed by atoms with Gasteiger partial charge in [-0.05, 0) is 12.1 Å². The molecule has 0 aliphatic heterocycles. The third kappa shape index (κ3) is 3.35. The second-order valence-corrected chi connectivity index (χ2v) is 4.56. The topological polar surface area (TPSA) is 92.4 Å². The minimum Gasteiger partial charge on any atom is -0.478 e. The van der Waals surface area contributed by atoms with Gasteiger partial charge in [-0.2, -0.15) is 0 Å². The molecule has 5 nitrogen and oxygen atoms in total. The summed E-state index contributed by atoms with van der Waals surface area (Å²) in [5.41, 5.74) is 5.50. The van der Waals surface area contributed by atoms with Crippen molar-refractivity contribution in [3.63, 3.8) is 0 Å². The van der Waals surface area contributed by atoms with E-state index in [1.165, 1.54) is 12.1 Å². The number of benzene rings is 1. The fourth-order valence-corrected chi connectivity index (χ4v) is 1.75. The third-order valence-corrected chi connectivity index (χ3v) is 2.93. The van der Waals surface area contributed by atoms with Gasteiger partial charge in [0.2, 0.25) is 5.91 Å². The Balaban J connectivity index is 3.04. The maximum Gasteiger partial charge on any atom is 0.335 e. The van der Waals surface area contributed by atoms with Gasteiger partial charge in [0.25, 0.3) is 0 Å². The summed E-state index contributed by atoms with van der Waals surface area (Å²) in [5.74, 6) is -1.87. The molecule has 0 heterocycles. The zero-order chi connectivity index (χ0) is 13.9. The lowest BCUT2D eigenvalue weighted by molar-refractivity contribution is -0.119. The van der Waals surface area contributed by atoms with Crippen LogP contribution < -0.4 is 11.1 Å². The van der Waals surface area contributed by atoms with Crippen molar-refractivity contribution < 1.29 is 14.7 Å². The predicted octanol–water partition coefficient (Wildman–Crippen LogP) is 2.22. The molecule has 1 amide bonds. The standard InChI is InChI=1S/C11H12Cl2N2O3/c1-5(4-14)10(16)15-9-7(12)2-6(11(17)18)3-8(9)13/h2-3,5H,4,14H2,1H3,(H,15,16)(H,17,18). The fourth-order valence-electron chi connectivity index (χ4n) is 1.17. The average molecular weight is 291 g/mol. The zero-order valence-corrected chi connectivity index (χ0v) is 11.0. The number of halogens is 2. The van der Waals surface area contributed by atoms with Crippen LogP contribution >= 0.6 is 23.2 Å². The molecule has 1 atom stereocenters. The first kappa shape index (κ1) is 14.8. The van der Waals surface area contributed by atoms with Crippen LogP contribution in [0.5, 0.6) is 0 Å².